The molecule has 0 bridgehead atoms. The summed E-state index contributed by atoms with van der Waals surface area (Å²) in [6.07, 6.45) is 8.04. The first kappa shape index (κ1) is 18.0. The molecule has 0 unspecified atom stereocenters. The molecule has 2 aromatic rings. The molecule has 0 aliphatic rings. The fraction of sp³-hybridized carbons (Fsp3) is 0.625. The van der Waals surface area contributed by atoms with Crippen molar-refractivity contribution in [2.45, 2.75) is 65.5 Å². The maximum Gasteiger partial charge on any atom is 0.130 e. The van der Waals surface area contributed by atoms with Crippen LogP contribution < -0.4 is 0 Å². The standard InChI is InChI=1S/C16H24N6O2/c1-13(23)5-7-15-11-21(19-17-15)9-3-4-10-22-12-16(18-20-22)8-6-14(2)24/h11-12H,3-10H2,1-2H3. The van der Waals surface area contributed by atoms with Gasteiger partial charge in [-0.1, -0.05) is 10.4 Å². The van der Waals surface area contributed by atoms with E-state index >= 15 is 0 Å². The molecule has 8 heteroatoms. The molecule has 0 radical (unpaired) electrons. The molecule has 0 aliphatic carbocycles. The van der Waals surface area contributed by atoms with E-state index in [0.717, 1.165) is 37.3 Å². The summed E-state index contributed by atoms with van der Waals surface area (Å²) in [4.78, 5) is 21.9. The van der Waals surface area contributed by atoms with Crippen molar-refractivity contribution in [3.05, 3.63) is 23.8 Å². The molecule has 0 amide bonds. The molecule has 2 rings (SSSR count). The lowest BCUT2D eigenvalue weighted by molar-refractivity contribution is -0.117. The number of carbonyl (C=O) groups excluding carboxylic acids is 2. The second kappa shape index (κ2) is 9.05. The highest BCUT2D eigenvalue weighted by molar-refractivity contribution is 5.75. The molecule has 0 aromatic carbocycles. The van der Waals surface area contributed by atoms with Crippen molar-refractivity contribution in [1.82, 2.24) is 30.0 Å². The van der Waals surface area contributed by atoms with E-state index in [2.05, 4.69) is 20.6 Å². The lowest BCUT2D eigenvalue weighted by atomic mass is 10.2. The van der Waals surface area contributed by atoms with Crippen molar-refractivity contribution in [3.8, 4) is 0 Å². The van der Waals surface area contributed by atoms with Crippen LogP contribution in [0.2, 0.25) is 0 Å². The minimum absolute atomic E-state index is 0.167. The van der Waals surface area contributed by atoms with Crippen LogP contribution in [0.5, 0.6) is 0 Å². The van der Waals surface area contributed by atoms with Crippen molar-refractivity contribution >= 4 is 11.6 Å². The fourth-order valence-corrected chi connectivity index (χ4v) is 2.28. The molecule has 0 saturated carbocycles. The summed E-state index contributed by atoms with van der Waals surface area (Å²) in [5, 5.41) is 16.3. The van der Waals surface area contributed by atoms with Crippen molar-refractivity contribution in [2.24, 2.45) is 0 Å². The van der Waals surface area contributed by atoms with Gasteiger partial charge in [0.2, 0.25) is 0 Å². The Morgan fingerprint density at radius 2 is 1.25 bits per heavy atom. The zero-order valence-electron chi connectivity index (χ0n) is 14.3. The second-order valence-electron chi connectivity index (χ2n) is 6.06. The highest BCUT2D eigenvalue weighted by Gasteiger charge is 2.04. The molecule has 2 aromatic heterocycles. The predicted octanol–water partition coefficient (Wildman–Crippen LogP) is 1.39. The molecular formula is C16H24N6O2. The summed E-state index contributed by atoms with van der Waals surface area (Å²) in [7, 11) is 0. The van der Waals surface area contributed by atoms with Crippen molar-refractivity contribution in [2.75, 3.05) is 0 Å². The first-order valence-electron chi connectivity index (χ1n) is 8.30. The van der Waals surface area contributed by atoms with Gasteiger partial charge in [0.05, 0.1) is 11.4 Å². The molecule has 0 fully saturated rings. The van der Waals surface area contributed by atoms with Gasteiger partial charge in [-0.3, -0.25) is 9.36 Å². The molecule has 8 nitrogen and oxygen atoms in total. The molecule has 0 aliphatic heterocycles. The van der Waals surface area contributed by atoms with Gasteiger partial charge in [-0.15, -0.1) is 10.2 Å². The minimum Gasteiger partial charge on any atom is -0.300 e. The van der Waals surface area contributed by atoms with Crippen LogP contribution in [0.15, 0.2) is 12.4 Å². The Morgan fingerprint density at radius 1 is 0.833 bits per heavy atom. The Labute approximate surface area is 141 Å². The first-order valence-corrected chi connectivity index (χ1v) is 8.30. The Hall–Kier alpha value is -2.38. The van der Waals surface area contributed by atoms with Crippen LogP contribution >= 0.6 is 0 Å². The number of carbonyl (C=O) groups is 2. The Kier molecular flexibility index (Phi) is 6.77. The van der Waals surface area contributed by atoms with E-state index in [9.17, 15) is 9.59 Å². The number of hydrogen-bond acceptors (Lipinski definition) is 6. The van der Waals surface area contributed by atoms with E-state index in [1.54, 1.807) is 13.8 Å². The fourth-order valence-electron chi connectivity index (χ4n) is 2.28. The Balaban J connectivity index is 1.66. The molecule has 0 N–H and O–H groups in total. The summed E-state index contributed by atoms with van der Waals surface area (Å²) < 4.78 is 3.63. The summed E-state index contributed by atoms with van der Waals surface area (Å²) in [5.41, 5.74) is 1.72. The molecule has 0 atom stereocenters. The summed E-state index contributed by atoms with van der Waals surface area (Å²) in [6.45, 7) is 4.75. The highest BCUT2D eigenvalue weighted by atomic mass is 16.1. The van der Waals surface area contributed by atoms with E-state index in [1.165, 1.54) is 0 Å². The lowest BCUT2D eigenvalue weighted by Crippen LogP contribution is -2.03. The van der Waals surface area contributed by atoms with Gasteiger partial charge in [-0.05, 0) is 39.5 Å². The van der Waals surface area contributed by atoms with Crippen LogP contribution in [0, 0.1) is 0 Å². The second-order valence-corrected chi connectivity index (χ2v) is 6.06. The number of unbranched alkanes of at least 4 members (excludes halogenated alkanes) is 1. The molecule has 24 heavy (non-hydrogen) atoms. The van der Waals surface area contributed by atoms with Crippen molar-refractivity contribution < 1.29 is 9.59 Å². The normalized spacial score (nSPS) is 10.9. The molecule has 2 heterocycles. The number of Topliss-reactive ketones (excluding diaryl/α,β-unsaturated/α-hetero) is 2. The number of aromatic nitrogens is 6. The van der Waals surface area contributed by atoms with Crippen LogP contribution in [0.3, 0.4) is 0 Å². The number of hydrogen-bond donors (Lipinski definition) is 0. The number of rotatable bonds is 11. The van der Waals surface area contributed by atoms with E-state index in [1.807, 2.05) is 21.8 Å². The van der Waals surface area contributed by atoms with Crippen LogP contribution in [0.1, 0.15) is 50.9 Å². The SMILES string of the molecule is CC(=O)CCc1cn(CCCCn2cc(CCC(C)=O)nn2)nn1. The van der Waals surface area contributed by atoms with Gasteiger partial charge in [0.1, 0.15) is 11.6 Å². The highest BCUT2D eigenvalue weighted by Crippen LogP contribution is 2.03. The summed E-state index contributed by atoms with van der Waals surface area (Å²) in [5.74, 6) is 0.333. The van der Waals surface area contributed by atoms with Crippen LogP contribution in [0.25, 0.3) is 0 Å². The first-order chi connectivity index (χ1) is 11.5. The lowest BCUT2D eigenvalue weighted by Gasteiger charge is -2.01. The monoisotopic (exact) mass is 332 g/mol. The number of ketones is 2. The summed E-state index contributed by atoms with van der Waals surface area (Å²) in [6, 6.07) is 0. The zero-order chi connectivity index (χ0) is 17.4. The van der Waals surface area contributed by atoms with Crippen LogP contribution in [-0.4, -0.2) is 41.6 Å². The molecule has 0 spiro atoms. The topological polar surface area (TPSA) is 95.6 Å². The van der Waals surface area contributed by atoms with Crippen molar-refractivity contribution in [3.63, 3.8) is 0 Å². The quantitative estimate of drug-likeness (QED) is 0.577. The Bertz CT molecular complexity index is 617. The van der Waals surface area contributed by atoms with E-state index in [4.69, 9.17) is 0 Å². The van der Waals surface area contributed by atoms with Crippen LogP contribution in [-0.2, 0) is 35.5 Å². The third-order valence-corrected chi connectivity index (χ3v) is 3.66. The minimum atomic E-state index is 0.167. The van der Waals surface area contributed by atoms with E-state index in [0.29, 0.717) is 25.7 Å². The van der Waals surface area contributed by atoms with Crippen LogP contribution in [0.4, 0.5) is 0 Å². The number of aryl methyl sites for hydroxylation is 4. The predicted molar refractivity (Wildman–Crippen MR) is 87.3 cm³/mol. The van der Waals surface area contributed by atoms with Gasteiger partial charge < -0.3 is 9.59 Å². The summed E-state index contributed by atoms with van der Waals surface area (Å²) >= 11 is 0. The Morgan fingerprint density at radius 3 is 1.62 bits per heavy atom. The van der Waals surface area contributed by atoms with E-state index < -0.39 is 0 Å². The van der Waals surface area contributed by atoms with Gasteiger partial charge in [-0.2, -0.15) is 0 Å². The van der Waals surface area contributed by atoms with Gasteiger partial charge in [0, 0.05) is 38.3 Å². The van der Waals surface area contributed by atoms with Crippen molar-refractivity contribution in [1.29, 1.82) is 0 Å². The average molecular weight is 332 g/mol. The zero-order valence-corrected chi connectivity index (χ0v) is 14.3. The van der Waals surface area contributed by atoms with Gasteiger partial charge in [0.25, 0.3) is 0 Å². The third kappa shape index (κ3) is 6.39. The third-order valence-electron chi connectivity index (χ3n) is 3.66. The maximum absolute atomic E-state index is 11.0. The molecular weight excluding hydrogens is 308 g/mol. The van der Waals surface area contributed by atoms with Gasteiger partial charge in [-0.25, -0.2) is 0 Å². The largest absolute Gasteiger partial charge is 0.300 e. The van der Waals surface area contributed by atoms with Gasteiger partial charge in [0.15, 0.2) is 0 Å². The molecule has 0 saturated heterocycles. The average Bonchev–Trinajstić information content (AvgIpc) is 3.17. The number of nitrogens with zero attached hydrogens (tertiary/aromatic N) is 6. The van der Waals surface area contributed by atoms with Gasteiger partial charge >= 0.3 is 0 Å². The molecule has 130 valence electrons. The maximum atomic E-state index is 11.0. The van der Waals surface area contributed by atoms with E-state index in [-0.39, 0.29) is 11.6 Å². The smallest absolute Gasteiger partial charge is 0.130 e.